The second-order valence-corrected chi connectivity index (χ2v) is 16.0. The van der Waals surface area contributed by atoms with Crippen molar-refractivity contribution in [2.45, 2.75) is 175 Å². The minimum Gasteiger partial charge on any atom is -0.462 e. The van der Waals surface area contributed by atoms with E-state index < -0.39 is 6.29 Å². The molecule has 44 heavy (non-hydrogen) atoms. The van der Waals surface area contributed by atoms with Gasteiger partial charge in [0.05, 0.1) is 18.3 Å². The normalized spacial score (nSPS) is 25.9. The Bertz CT molecular complexity index is 1040. The van der Waals surface area contributed by atoms with E-state index in [1.54, 1.807) is 0 Å². The molecule has 3 rings (SSSR count). The van der Waals surface area contributed by atoms with Gasteiger partial charge in [0.1, 0.15) is 0 Å². The van der Waals surface area contributed by atoms with Crippen LogP contribution in [0.15, 0.2) is 12.4 Å². The first-order chi connectivity index (χ1) is 20.5. The SMILES string of the molecule is CCCCCN1C(C)(C)CCC(C(=O)Oc2ncc(OC(O)C3CCC(C)(C)N(CCCCC)C(C)(C)C3)cn2)CC1(C)C. The number of hydrogen-bond acceptors (Lipinski definition) is 8. The van der Waals surface area contributed by atoms with Crippen molar-refractivity contribution in [1.82, 2.24) is 19.8 Å². The van der Waals surface area contributed by atoms with Crippen LogP contribution in [0.5, 0.6) is 11.8 Å². The zero-order chi connectivity index (χ0) is 32.8. The molecule has 2 aliphatic heterocycles. The number of carbonyl (C=O) groups is 1. The van der Waals surface area contributed by atoms with Gasteiger partial charge in [-0.05, 0) is 120 Å². The number of likely N-dealkylation sites (tertiary alicyclic amines) is 2. The van der Waals surface area contributed by atoms with Crippen molar-refractivity contribution in [2.75, 3.05) is 13.1 Å². The average molecular weight is 617 g/mol. The highest BCUT2D eigenvalue weighted by atomic mass is 16.6. The lowest BCUT2D eigenvalue weighted by Gasteiger charge is -2.47. The zero-order valence-corrected chi connectivity index (χ0v) is 29.7. The van der Waals surface area contributed by atoms with Gasteiger partial charge >= 0.3 is 12.0 Å². The third-order valence-electron chi connectivity index (χ3n) is 10.4. The Morgan fingerprint density at radius 2 is 1.32 bits per heavy atom. The van der Waals surface area contributed by atoms with Gasteiger partial charge in [-0.25, -0.2) is 0 Å². The summed E-state index contributed by atoms with van der Waals surface area (Å²) in [6.45, 7) is 24.9. The van der Waals surface area contributed by atoms with Crippen LogP contribution in [0, 0.1) is 11.8 Å². The lowest BCUT2D eigenvalue weighted by molar-refractivity contribution is -0.140. The molecule has 0 aromatic carbocycles. The molecule has 1 N–H and O–H groups in total. The molecule has 8 heteroatoms. The third kappa shape index (κ3) is 9.62. The molecule has 3 heterocycles. The zero-order valence-electron chi connectivity index (χ0n) is 29.7. The smallest absolute Gasteiger partial charge is 0.324 e. The van der Waals surface area contributed by atoms with Gasteiger partial charge in [-0.3, -0.25) is 14.6 Å². The number of aromatic nitrogens is 2. The van der Waals surface area contributed by atoms with Crippen molar-refractivity contribution < 1.29 is 19.4 Å². The van der Waals surface area contributed by atoms with Gasteiger partial charge in [0, 0.05) is 28.1 Å². The van der Waals surface area contributed by atoms with Crippen molar-refractivity contribution >= 4 is 5.97 Å². The number of aliphatic hydroxyl groups excluding tert-OH is 1. The van der Waals surface area contributed by atoms with Crippen LogP contribution in [-0.4, -0.2) is 72.4 Å². The summed E-state index contributed by atoms with van der Waals surface area (Å²) < 4.78 is 11.7. The standard InChI is InChI=1S/C36H64N4O4/c1-11-13-15-21-39-33(3,4)19-17-27(23-35(39,7)8)30(41)43-29-25-37-32(38-26-29)44-31(42)28-18-20-34(5,6)40(22-16-14-12-2)36(9,10)24-28/h25-28,30,41H,11-24H2,1-10H3. The first kappa shape index (κ1) is 36.7. The molecule has 2 saturated heterocycles. The number of unbranched alkanes of at least 4 members (excludes halogenated alkanes) is 4. The maximum atomic E-state index is 13.3. The molecule has 0 amide bonds. The number of ether oxygens (including phenoxy) is 2. The molecular formula is C36H64N4O4. The molecule has 252 valence electrons. The summed E-state index contributed by atoms with van der Waals surface area (Å²) in [6.07, 6.45) is 14.4. The highest BCUT2D eigenvalue weighted by molar-refractivity contribution is 5.74. The van der Waals surface area contributed by atoms with Crippen molar-refractivity contribution in [2.24, 2.45) is 11.8 Å². The Kier molecular flexibility index (Phi) is 12.7. The average Bonchev–Trinajstić information content (AvgIpc) is 3.09. The highest BCUT2D eigenvalue weighted by Gasteiger charge is 2.45. The van der Waals surface area contributed by atoms with Gasteiger partial charge in [-0.1, -0.05) is 39.5 Å². The Morgan fingerprint density at radius 1 is 0.818 bits per heavy atom. The van der Waals surface area contributed by atoms with E-state index in [-0.39, 0.29) is 46.0 Å². The Hall–Kier alpha value is -1.77. The van der Waals surface area contributed by atoms with Gasteiger partial charge in [0.25, 0.3) is 0 Å². The van der Waals surface area contributed by atoms with Crippen LogP contribution < -0.4 is 9.47 Å². The van der Waals surface area contributed by atoms with E-state index in [4.69, 9.17) is 9.47 Å². The predicted molar refractivity (Wildman–Crippen MR) is 178 cm³/mol. The summed E-state index contributed by atoms with van der Waals surface area (Å²) in [5.74, 6) is -0.128. The largest absolute Gasteiger partial charge is 0.462 e. The van der Waals surface area contributed by atoms with Gasteiger partial charge < -0.3 is 14.6 Å². The minimum absolute atomic E-state index is 0.0117. The summed E-state index contributed by atoms with van der Waals surface area (Å²) in [7, 11) is 0. The fraction of sp³-hybridized carbons (Fsp3) is 0.861. The number of carbonyl (C=O) groups excluding carboxylic acids is 1. The topological polar surface area (TPSA) is 88.0 Å². The minimum atomic E-state index is -0.963. The van der Waals surface area contributed by atoms with Crippen LogP contribution in [0.4, 0.5) is 0 Å². The summed E-state index contributed by atoms with van der Waals surface area (Å²) in [5, 5.41) is 11.2. The fourth-order valence-electron chi connectivity index (χ4n) is 8.17. The molecule has 3 atom stereocenters. The van der Waals surface area contributed by atoms with Gasteiger partial charge in [0.15, 0.2) is 12.0 Å². The molecule has 0 radical (unpaired) electrons. The van der Waals surface area contributed by atoms with Gasteiger partial charge in [-0.2, -0.15) is 9.97 Å². The third-order valence-corrected chi connectivity index (χ3v) is 10.4. The number of esters is 1. The Labute approximate surface area is 268 Å². The molecule has 8 nitrogen and oxygen atoms in total. The lowest BCUT2D eigenvalue weighted by atomic mass is 9.88. The fourth-order valence-corrected chi connectivity index (χ4v) is 8.17. The van der Waals surface area contributed by atoms with E-state index in [1.165, 1.54) is 50.9 Å². The molecule has 2 fully saturated rings. The molecule has 1 aromatic heterocycles. The van der Waals surface area contributed by atoms with Crippen LogP contribution >= 0.6 is 0 Å². The molecule has 0 aliphatic carbocycles. The molecule has 0 spiro atoms. The highest BCUT2D eigenvalue weighted by Crippen LogP contribution is 2.42. The molecule has 0 bridgehead atoms. The summed E-state index contributed by atoms with van der Waals surface area (Å²) >= 11 is 0. The summed E-state index contributed by atoms with van der Waals surface area (Å²) in [4.78, 5) is 27.1. The van der Waals surface area contributed by atoms with Crippen molar-refractivity contribution in [3.8, 4) is 11.8 Å². The number of nitrogens with zero attached hydrogens (tertiary/aromatic N) is 4. The van der Waals surface area contributed by atoms with Gasteiger partial charge in [0.2, 0.25) is 0 Å². The second-order valence-electron chi connectivity index (χ2n) is 16.0. The van der Waals surface area contributed by atoms with Crippen LogP contribution in [0.1, 0.15) is 146 Å². The molecule has 2 aliphatic rings. The number of rotatable bonds is 13. The maximum absolute atomic E-state index is 13.3. The van der Waals surface area contributed by atoms with Crippen molar-refractivity contribution in [3.05, 3.63) is 12.4 Å². The molecule has 1 aromatic rings. The van der Waals surface area contributed by atoms with E-state index >= 15 is 0 Å². The first-order valence-electron chi connectivity index (χ1n) is 17.5. The summed E-state index contributed by atoms with van der Waals surface area (Å²) in [6, 6.07) is 0.0259. The predicted octanol–water partition coefficient (Wildman–Crippen LogP) is 7.78. The quantitative estimate of drug-likeness (QED) is 0.137. The Morgan fingerprint density at radius 3 is 1.84 bits per heavy atom. The number of aliphatic hydroxyl groups is 1. The van der Waals surface area contributed by atoms with Crippen molar-refractivity contribution in [1.29, 1.82) is 0 Å². The van der Waals surface area contributed by atoms with E-state index in [0.29, 0.717) is 5.75 Å². The van der Waals surface area contributed by atoms with E-state index in [2.05, 4.69) is 89.0 Å². The first-order valence-corrected chi connectivity index (χ1v) is 17.5. The Balaban J connectivity index is 1.60. The summed E-state index contributed by atoms with van der Waals surface area (Å²) in [5.41, 5.74) is -0.125. The van der Waals surface area contributed by atoms with Gasteiger partial charge in [-0.15, -0.1) is 0 Å². The van der Waals surface area contributed by atoms with E-state index in [1.807, 2.05) is 0 Å². The number of hydrogen-bond donors (Lipinski definition) is 1. The molecule has 3 unspecified atom stereocenters. The molecular weight excluding hydrogens is 552 g/mol. The van der Waals surface area contributed by atoms with Crippen LogP contribution in [0.2, 0.25) is 0 Å². The van der Waals surface area contributed by atoms with Crippen LogP contribution in [0.3, 0.4) is 0 Å². The van der Waals surface area contributed by atoms with Crippen LogP contribution in [0.25, 0.3) is 0 Å². The van der Waals surface area contributed by atoms with Crippen molar-refractivity contribution in [3.63, 3.8) is 0 Å². The van der Waals surface area contributed by atoms with E-state index in [0.717, 1.165) is 51.6 Å². The van der Waals surface area contributed by atoms with Crippen LogP contribution in [-0.2, 0) is 4.79 Å². The monoisotopic (exact) mass is 616 g/mol. The van der Waals surface area contributed by atoms with E-state index in [9.17, 15) is 9.90 Å². The molecule has 0 saturated carbocycles. The maximum Gasteiger partial charge on any atom is 0.324 e. The lowest BCUT2D eigenvalue weighted by Crippen LogP contribution is -2.55. The second kappa shape index (κ2) is 15.2.